The zero-order valence-corrected chi connectivity index (χ0v) is 14.1. The fraction of sp³-hybridized carbons (Fsp3) is 0.611. The highest BCUT2D eigenvalue weighted by molar-refractivity contribution is 6.32. The van der Waals surface area contributed by atoms with Crippen LogP contribution in [0.2, 0.25) is 5.02 Å². The van der Waals surface area contributed by atoms with E-state index in [1.165, 1.54) is 38.5 Å². The summed E-state index contributed by atoms with van der Waals surface area (Å²) in [5, 5.41) is 9.71. The summed E-state index contributed by atoms with van der Waals surface area (Å²) in [5.41, 5.74) is 0. The molecule has 0 fully saturated rings. The first kappa shape index (κ1) is 18.8. The minimum absolute atomic E-state index is 0.441. The number of hydrogen-bond acceptors (Lipinski definition) is 2. The summed E-state index contributed by atoms with van der Waals surface area (Å²) in [4.78, 5) is 11.3. The van der Waals surface area contributed by atoms with E-state index in [2.05, 4.69) is 6.92 Å². The molecular weight excluding hydrogens is 300 g/mol. The molecule has 0 amide bonds. The Labute approximate surface area is 138 Å². The molecule has 0 saturated heterocycles. The van der Waals surface area contributed by atoms with Gasteiger partial charge >= 0.3 is 5.97 Å². The zero-order chi connectivity index (χ0) is 16.2. The molecule has 0 heterocycles. The fourth-order valence-electron chi connectivity index (χ4n) is 2.39. The zero-order valence-electron chi connectivity index (χ0n) is 13.4. The summed E-state index contributed by atoms with van der Waals surface area (Å²) in [6, 6.07) is 6.98. The van der Waals surface area contributed by atoms with Crippen LogP contribution in [0.4, 0.5) is 0 Å². The van der Waals surface area contributed by atoms with E-state index < -0.39 is 12.1 Å². The Morgan fingerprint density at radius 1 is 1.09 bits per heavy atom. The average Bonchev–Trinajstić information content (AvgIpc) is 2.50. The molecule has 1 atom stereocenters. The molecule has 0 saturated carbocycles. The maximum Gasteiger partial charge on any atom is 0.344 e. The molecule has 1 aromatic carbocycles. The van der Waals surface area contributed by atoms with E-state index in [0.717, 1.165) is 12.8 Å². The van der Waals surface area contributed by atoms with Crippen LogP contribution >= 0.6 is 11.6 Å². The van der Waals surface area contributed by atoms with Crippen molar-refractivity contribution < 1.29 is 14.6 Å². The Morgan fingerprint density at radius 2 is 1.68 bits per heavy atom. The van der Waals surface area contributed by atoms with Crippen LogP contribution < -0.4 is 4.74 Å². The van der Waals surface area contributed by atoms with Gasteiger partial charge in [-0.05, 0) is 25.0 Å². The number of para-hydroxylation sites is 1. The van der Waals surface area contributed by atoms with Gasteiger partial charge in [0.1, 0.15) is 5.75 Å². The van der Waals surface area contributed by atoms with Gasteiger partial charge in [0.15, 0.2) is 6.10 Å². The molecule has 0 aliphatic carbocycles. The van der Waals surface area contributed by atoms with Crippen LogP contribution in [0.1, 0.15) is 64.7 Å². The molecule has 1 N–H and O–H groups in total. The van der Waals surface area contributed by atoms with E-state index in [-0.39, 0.29) is 0 Å². The number of carbonyl (C=O) groups is 1. The van der Waals surface area contributed by atoms with Gasteiger partial charge in [-0.25, -0.2) is 4.79 Å². The first-order valence-electron chi connectivity index (χ1n) is 8.29. The molecule has 0 aliphatic rings. The molecule has 4 heteroatoms. The largest absolute Gasteiger partial charge is 0.479 e. The van der Waals surface area contributed by atoms with Crippen LogP contribution in [0.5, 0.6) is 5.75 Å². The van der Waals surface area contributed by atoms with Crippen molar-refractivity contribution in [3.05, 3.63) is 29.3 Å². The number of unbranched alkanes of at least 4 members (excludes halogenated alkanes) is 7. The van der Waals surface area contributed by atoms with Crippen molar-refractivity contribution in [1.29, 1.82) is 0 Å². The van der Waals surface area contributed by atoms with E-state index in [9.17, 15) is 9.90 Å². The lowest BCUT2D eigenvalue weighted by molar-refractivity contribution is -0.145. The molecule has 0 aliphatic heterocycles. The second-order valence-corrected chi connectivity index (χ2v) is 6.05. The highest BCUT2D eigenvalue weighted by Crippen LogP contribution is 2.25. The maximum absolute atomic E-state index is 11.3. The minimum Gasteiger partial charge on any atom is -0.479 e. The fourth-order valence-corrected chi connectivity index (χ4v) is 2.57. The van der Waals surface area contributed by atoms with E-state index >= 15 is 0 Å². The molecule has 0 bridgehead atoms. The first-order valence-corrected chi connectivity index (χ1v) is 8.67. The third kappa shape index (κ3) is 7.69. The summed E-state index contributed by atoms with van der Waals surface area (Å²) >= 11 is 6.00. The number of halogens is 1. The first-order chi connectivity index (χ1) is 10.6. The van der Waals surface area contributed by atoms with Crippen molar-refractivity contribution >= 4 is 17.6 Å². The second-order valence-electron chi connectivity index (χ2n) is 5.64. The van der Waals surface area contributed by atoms with Gasteiger partial charge in [0.05, 0.1) is 5.02 Å². The van der Waals surface area contributed by atoms with Crippen molar-refractivity contribution in [1.82, 2.24) is 0 Å². The Kier molecular flexibility index (Phi) is 9.72. The lowest BCUT2D eigenvalue weighted by atomic mass is 10.1. The molecule has 0 spiro atoms. The standard InChI is InChI=1S/C18H27ClO3/c1-2-3-4-5-6-7-8-9-14-17(18(20)21)22-16-13-11-10-12-15(16)19/h10-13,17H,2-9,14H2,1H3,(H,20,21). The highest BCUT2D eigenvalue weighted by atomic mass is 35.5. The molecule has 124 valence electrons. The molecule has 1 unspecified atom stereocenters. The van der Waals surface area contributed by atoms with Crippen molar-refractivity contribution in [2.75, 3.05) is 0 Å². The lowest BCUT2D eigenvalue weighted by Gasteiger charge is -2.16. The summed E-state index contributed by atoms with van der Waals surface area (Å²) in [5.74, 6) is -0.487. The van der Waals surface area contributed by atoms with Crippen molar-refractivity contribution in [2.45, 2.75) is 70.8 Å². The normalized spacial score (nSPS) is 12.1. The molecule has 1 rings (SSSR count). The van der Waals surface area contributed by atoms with E-state index in [4.69, 9.17) is 16.3 Å². The summed E-state index contributed by atoms with van der Waals surface area (Å²) < 4.78 is 5.53. The van der Waals surface area contributed by atoms with E-state index in [0.29, 0.717) is 17.2 Å². The van der Waals surface area contributed by atoms with Crippen LogP contribution in [0, 0.1) is 0 Å². The van der Waals surface area contributed by atoms with Crippen LogP contribution in [0.3, 0.4) is 0 Å². The number of hydrogen-bond donors (Lipinski definition) is 1. The summed E-state index contributed by atoms with van der Waals surface area (Å²) in [6.45, 7) is 2.21. The van der Waals surface area contributed by atoms with Gasteiger partial charge < -0.3 is 9.84 Å². The Hall–Kier alpha value is -1.22. The third-order valence-electron chi connectivity index (χ3n) is 3.70. The van der Waals surface area contributed by atoms with Crippen LogP contribution in [0.25, 0.3) is 0 Å². The monoisotopic (exact) mass is 326 g/mol. The Morgan fingerprint density at radius 3 is 2.27 bits per heavy atom. The smallest absolute Gasteiger partial charge is 0.344 e. The molecule has 1 aromatic rings. The van der Waals surface area contributed by atoms with Gasteiger partial charge in [0.2, 0.25) is 0 Å². The number of carboxylic acids is 1. The topological polar surface area (TPSA) is 46.5 Å². The van der Waals surface area contributed by atoms with Gasteiger partial charge in [-0.3, -0.25) is 0 Å². The molecular formula is C18H27ClO3. The average molecular weight is 327 g/mol. The number of carboxylic acid groups (broad SMARTS) is 1. The maximum atomic E-state index is 11.3. The van der Waals surface area contributed by atoms with Crippen molar-refractivity contribution in [3.63, 3.8) is 0 Å². The van der Waals surface area contributed by atoms with Gasteiger partial charge in [-0.1, -0.05) is 75.6 Å². The van der Waals surface area contributed by atoms with Gasteiger partial charge in [0, 0.05) is 0 Å². The molecule has 22 heavy (non-hydrogen) atoms. The number of aliphatic carboxylic acids is 1. The summed E-state index contributed by atoms with van der Waals surface area (Å²) in [6.07, 6.45) is 9.21. The number of benzene rings is 1. The Balaban J connectivity index is 2.25. The second kappa shape index (κ2) is 11.4. The van der Waals surface area contributed by atoms with Crippen molar-refractivity contribution in [2.24, 2.45) is 0 Å². The van der Waals surface area contributed by atoms with Gasteiger partial charge in [-0.15, -0.1) is 0 Å². The molecule has 0 aromatic heterocycles. The van der Waals surface area contributed by atoms with Crippen LogP contribution in [-0.2, 0) is 4.79 Å². The number of ether oxygens (including phenoxy) is 1. The highest BCUT2D eigenvalue weighted by Gasteiger charge is 2.19. The number of rotatable bonds is 12. The Bertz CT molecular complexity index is 434. The quantitative estimate of drug-likeness (QED) is 0.501. The van der Waals surface area contributed by atoms with Crippen LogP contribution in [0.15, 0.2) is 24.3 Å². The molecule has 0 radical (unpaired) electrons. The van der Waals surface area contributed by atoms with E-state index in [1.807, 2.05) is 0 Å². The van der Waals surface area contributed by atoms with E-state index in [1.54, 1.807) is 24.3 Å². The SMILES string of the molecule is CCCCCCCCCCC(Oc1ccccc1Cl)C(=O)O. The lowest BCUT2D eigenvalue weighted by Crippen LogP contribution is -2.27. The molecule has 3 nitrogen and oxygen atoms in total. The van der Waals surface area contributed by atoms with Gasteiger partial charge in [-0.2, -0.15) is 0 Å². The third-order valence-corrected chi connectivity index (χ3v) is 4.01. The minimum atomic E-state index is -0.928. The summed E-state index contributed by atoms with van der Waals surface area (Å²) in [7, 11) is 0. The predicted molar refractivity (Wildman–Crippen MR) is 90.7 cm³/mol. The predicted octanol–water partition coefficient (Wildman–Crippen LogP) is 5.70. The van der Waals surface area contributed by atoms with Crippen LogP contribution in [-0.4, -0.2) is 17.2 Å². The van der Waals surface area contributed by atoms with Gasteiger partial charge in [0.25, 0.3) is 0 Å². The van der Waals surface area contributed by atoms with Crippen molar-refractivity contribution in [3.8, 4) is 5.75 Å².